The third-order valence-corrected chi connectivity index (χ3v) is 2.49. The predicted molar refractivity (Wildman–Crippen MR) is 68.6 cm³/mol. The Morgan fingerprint density at radius 1 is 0.850 bits per heavy atom. The summed E-state index contributed by atoms with van der Waals surface area (Å²) in [5.74, 6) is -3.42. The zero-order valence-corrected chi connectivity index (χ0v) is 11.7. The highest BCUT2D eigenvalue weighted by molar-refractivity contribution is 5.73. The molecule has 0 bridgehead atoms. The van der Waals surface area contributed by atoms with Crippen LogP contribution in [0.4, 0.5) is 13.2 Å². The molecule has 0 aromatic heterocycles. The van der Waals surface area contributed by atoms with Crippen LogP contribution in [0, 0.1) is 0 Å². The molecule has 20 heavy (non-hydrogen) atoms. The maximum atomic E-state index is 10.6. The van der Waals surface area contributed by atoms with Crippen LogP contribution in [0.25, 0.3) is 0 Å². The molecule has 0 atom stereocenters. The highest BCUT2D eigenvalue weighted by Crippen LogP contribution is 2.13. The number of alkyl halides is 3. The first-order valence-electron chi connectivity index (χ1n) is 6.73. The molecule has 0 saturated carbocycles. The van der Waals surface area contributed by atoms with E-state index in [4.69, 9.17) is 15.0 Å². The Morgan fingerprint density at radius 3 is 1.50 bits per heavy atom. The third-order valence-electron chi connectivity index (χ3n) is 2.49. The first-order chi connectivity index (χ1) is 9.21. The fraction of sp³-hybridized carbons (Fsp3) is 0.846. The van der Waals surface area contributed by atoms with Gasteiger partial charge in [-0.15, -0.1) is 0 Å². The number of aliphatic carboxylic acids is 2. The molecule has 7 heteroatoms. The van der Waals surface area contributed by atoms with Crippen LogP contribution < -0.4 is 0 Å². The van der Waals surface area contributed by atoms with Gasteiger partial charge in [-0.25, -0.2) is 4.79 Å². The Kier molecular flexibility index (Phi) is 13.4. The van der Waals surface area contributed by atoms with Crippen LogP contribution in [0.3, 0.4) is 0 Å². The van der Waals surface area contributed by atoms with Gasteiger partial charge in [-0.2, -0.15) is 13.2 Å². The zero-order chi connectivity index (χ0) is 16.0. The molecule has 0 unspecified atom stereocenters. The van der Waals surface area contributed by atoms with Crippen LogP contribution in [0.15, 0.2) is 0 Å². The van der Waals surface area contributed by atoms with E-state index in [2.05, 4.69) is 6.92 Å². The van der Waals surface area contributed by atoms with Crippen molar-refractivity contribution >= 4 is 11.9 Å². The number of hydrogen-bond donors (Lipinski definition) is 2. The monoisotopic (exact) mass is 300 g/mol. The molecule has 120 valence electrons. The summed E-state index contributed by atoms with van der Waals surface area (Å²) in [6.45, 7) is 2.22. The molecule has 0 aliphatic heterocycles. The van der Waals surface area contributed by atoms with E-state index in [-0.39, 0.29) is 0 Å². The van der Waals surface area contributed by atoms with Crippen molar-refractivity contribution in [3.05, 3.63) is 0 Å². The van der Waals surface area contributed by atoms with Crippen molar-refractivity contribution in [3.63, 3.8) is 0 Å². The van der Waals surface area contributed by atoms with E-state index < -0.39 is 18.1 Å². The van der Waals surface area contributed by atoms with Crippen LogP contribution in [0.5, 0.6) is 0 Å². The van der Waals surface area contributed by atoms with Gasteiger partial charge in [0.25, 0.3) is 0 Å². The SMILES string of the molecule is CCCCCCCCCCC(=O)O.O=C(O)C(F)(F)F. The van der Waals surface area contributed by atoms with Crippen molar-refractivity contribution < 1.29 is 33.0 Å². The summed E-state index contributed by atoms with van der Waals surface area (Å²) in [6, 6.07) is 0. The quantitative estimate of drug-likeness (QED) is 0.625. The number of carbonyl (C=O) groups is 2. The van der Waals surface area contributed by atoms with Crippen LogP contribution in [-0.2, 0) is 9.59 Å². The van der Waals surface area contributed by atoms with Gasteiger partial charge in [0.15, 0.2) is 0 Å². The van der Waals surface area contributed by atoms with Gasteiger partial charge in [0.2, 0.25) is 0 Å². The Hall–Kier alpha value is -1.27. The molecule has 0 radical (unpaired) electrons. The Bertz CT molecular complexity index is 265. The van der Waals surface area contributed by atoms with Crippen LogP contribution in [0.2, 0.25) is 0 Å². The van der Waals surface area contributed by atoms with Gasteiger partial charge in [0.05, 0.1) is 0 Å². The van der Waals surface area contributed by atoms with E-state index in [0.29, 0.717) is 6.42 Å². The van der Waals surface area contributed by atoms with E-state index in [1.165, 1.54) is 38.5 Å². The largest absolute Gasteiger partial charge is 0.490 e. The van der Waals surface area contributed by atoms with Crippen molar-refractivity contribution in [1.82, 2.24) is 0 Å². The third kappa shape index (κ3) is 19.1. The molecule has 0 heterocycles. The Labute approximate surface area is 117 Å². The van der Waals surface area contributed by atoms with Gasteiger partial charge < -0.3 is 10.2 Å². The van der Waals surface area contributed by atoms with Gasteiger partial charge in [-0.05, 0) is 6.42 Å². The van der Waals surface area contributed by atoms with Crippen molar-refractivity contribution in [2.75, 3.05) is 0 Å². The van der Waals surface area contributed by atoms with Crippen LogP contribution in [-0.4, -0.2) is 28.3 Å². The molecule has 0 saturated heterocycles. The maximum absolute atomic E-state index is 10.6. The summed E-state index contributed by atoms with van der Waals surface area (Å²) in [7, 11) is 0. The molecule has 0 aliphatic carbocycles. The lowest BCUT2D eigenvalue weighted by molar-refractivity contribution is -0.192. The highest BCUT2D eigenvalue weighted by atomic mass is 19.4. The van der Waals surface area contributed by atoms with Crippen molar-refractivity contribution in [1.29, 1.82) is 0 Å². The molecular formula is C13H23F3O4. The molecule has 2 N–H and O–H groups in total. The molecular weight excluding hydrogens is 277 g/mol. The molecule has 0 spiro atoms. The smallest absolute Gasteiger partial charge is 0.481 e. The second-order valence-corrected chi connectivity index (χ2v) is 4.42. The average Bonchev–Trinajstić information content (AvgIpc) is 2.32. The van der Waals surface area contributed by atoms with E-state index in [9.17, 15) is 18.0 Å². The van der Waals surface area contributed by atoms with Gasteiger partial charge >= 0.3 is 18.1 Å². The standard InChI is InChI=1S/C11H22O2.C2HF3O2/c1-2-3-4-5-6-7-8-9-10-11(12)13;3-2(4,5)1(6)7/h2-10H2,1H3,(H,12,13);(H,6,7). The van der Waals surface area contributed by atoms with E-state index in [0.717, 1.165) is 12.8 Å². The molecule has 0 amide bonds. The predicted octanol–water partition coefficient (Wildman–Crippen LogP) is 4.24. The summed E-state index contributed by atoms with van der Waals surface area (Å²) in [6.07, 6.45) is 4.97. The van der Waals surface area contributed by atoms with Crippen molar-refractivity contribution in [2.45, 2.75) is 70.9 Å². The van der Waals surface area contributed by atoms with E-state index in [1.807, 2.05) is 0 Å². The second-order valence-electron chi connectivity index (χ2n) is 4.42. The fourth-order valence-electron chi connectivity index (χ4n) is 1.41. The average molecular weight is 300 g/mol. The van der Waals surface area contributed by atoms with Crippen LogP contribution in [0.1, 0.15) is 64.7 Å². The van der Waals surface area contributed by atoms with Gasteiger partial charge in [0, 0.05) is 6.42 Å². The summed E-state index contributed by atoms with van der Waals surface area (Å²) in [4.78, 5) is 19.1. The molecule has 0 aromatic rings. The fourth-order valence-corrected chi connectivity index (χ4v) is 1.41. The van der Waals surface area contributed by atoms with Crippen LogP contribution >= 0.6 is 0 Å². The maximum Gasteiger partial charge on any atom is 0.490 e. The minimum Gasteiger partial charge on any atom is -0.481 e. The van der Waals surface area contributed by atoms with Gasteiger partial charge in [-0.1, -0.05) is 51.9 Å². The molecule has 0 aliphatic rings. The lowest BCUT2D eigenvalue weighted by atomic mass is 10.1. The number of hydrogen-bond acceptors (Lipinski definition) is 2. The van der Waals surface area contributed by atoms with Gasteiger partial charge in [0.1, 0.15) is 0 Å². The Morgan fingerprint density at radius 2 is 1.20 bits per heavy atom. The number of halogens is 3. The number of carboxylic acid groups (broad SMARTS) is 2. The molecule has 0 fully saturated rings. The van der Waals surface area contributed by atoms with E-state index in [1.54, 1.807) is 0 Å². The zero-order valence-electron chi connectivity index (χ0n) is 11.7. The summed E-state index contributed by atoms with van der Waals surface area (Å²) in [5, 5.41) is 15.5. The van der Waals surface area contributed by atoms with Crippen molar-refractivity contribution in [2.24, 2.45) is 0 Å². The van der Waals surface area contributed by atoms with Gasteiger partial charge in [-0.3, -0.25) is 4.79 Å². The molecule has 4 nitrogen and oxygen atoms in total. The summed E-state index contributed by atoms with van der Waals surface area (Å²) >= 11 is 0. The topological polar surface area (TPSA) is 74.6 Å². The van der Waals surface area contributed by atoms with Crippen molar-refractivity contribution in [3.8, 4) is 0 Å². The van der Waals surface area contributed by atoms with E-state index >= 15 is 0 Å². The normalized spacial score (nSPS) is 10.6. The minimum absolute atomic E-state index is 0.342. The number of rotatable bonds is 9. The Balaban J connectivity index is 0. The first-order valence-corrected chi connectivity index (χ1v) is 6.73. The number of unbranched alkanes of at least 4 members (excludes halogenated alkanes) is 7. The second kappa shape index (κ2) is 12.7. The molecule has 0 aromatic carbocycles. The minimum atomic E-state index is -5.08. The first kappa shape index (κ1) is 21.0. The lowest BCUT2D eigenvalue weighted by Crippen LogP contribution is -2.21. The lowest BCUT2D eigenvalue weighted by Gasteiger charge is -1.99. The number of carboxylic acids is 2. The molecule has 0 rings (SSSR count). The summed E-state index contributed by atoms with van der Waals surface area (Å²) < 4.78 is 31.7. The summed E-state index contributed by atoms with van der Waals surface area (Å²) in [5.41, 5.74) is 0. The highest BCUT2D eigenvalue weighted by Gasteiger charge is 2.38.